The van der Waals surface area contributed by atoms with Crippen LogP contribution in [0, 0.1) is 0 Å². The Morgan fingerprint density at radius 1 is 1.33 bits per heavy atom. The van der Waals surface area contributed by atoms with E-state index in [2.05, 4.69) is 39.7 Å². The lowest BCUT2D eigenvalue weighted by atomic mass is 10.1. The number of nitrogens with one attached hydrogen (secondary N) is 2. The first kappa shape index (κ1) is 20.4. The van der Waals surface area contributed by atoms with Gasteiger partial charge < -0.3 is 25.0 Å². The molecule has 1 rings (SSSR count). The first-order valence-electron chi connectivity index (χ1n) is 8.24. The molecule has 8 nitrogen and oxygen atoms in total. The number of aromatic nitrogens is 2. The highest BCUT2D eigenvalue weighted by molar-refractivity contribution is 5.79. The Balaban J connectivity index is 2.31. The SMILES string of the molecule is CN=C(NCCCOCCOC)NCC(c1cnn(C)c1)N(C)C. The molecule has 1 aromatic heterocycles. The van der Waals surface area contributed by atoms with Gasteiger partial charge in [-0.05, 0) is 20.5 Å². The second-order valence-corrected chi connectivity index (χ2v) is 5.77. The van der Waals surface area contributed by atoms with Gasteiger partial charge in [0, 0.05) is 52.7 Å². The first-order chi connectivity index (χ1) is 11.6. The zero-order valence-electron chi connectivity index (χ0n) is 15.6. The van der Waals surface area contributed by atoms with Gasteiger partial charge in [-0.1, -0.05) is 0 Å². The highest BCUT2D eigenvalue weighted by Crippen LogP contribution is 2.15. The summed E-state index contributed by atoms with van der Waals surface area (Å²) in [6.07, 6.45) is 4.86. The van der Waals surface area contributed by atoms with E-state index in [1.807, 2.05) is 24.1 Å². The summed E-state index contributed by atoms with van der Waals surface area (Å²) >= 11 is 0. The third-order valence-corrected chi connectivity index (χ3v) is 3.61. The Labute approximate surface area is 145 Å². The van der Waals surface area contributed by atoms with Crippen molar-refractivity contribution >= 4 is 5.96 Å². The summed E-state index contributed by atoms with van der Waals surface area (Å²) in [5.41, 5.74) is 1.18. The predicted octanol–water partition coefficient (Wildman–Crippen LogP) is 0.241. The van der Waals surface area contributed by atoms with Gasteiger partial charge in [0.25, 0.3) is 0 Å². The second kappa shape index (κ2) is 11.8. The van der Waals surface area contributed by atoms with Crippen LogP contribution < -0.4 is 10.6 Å². The van der Waals surface area contributed by atoms with Crippen molar-refractivity contribution in [3.8, 4) is 0 Å². The molecule has 0 bridgehead atoms. The molecule has 0 amide bonds. The van der Waals surface area contributed by atoms with Crippen molar-refractivity contribution in [1.82, 2.24) is 25.3 Å². The molecular formula is C16H32N6O2. The quantitative estimate of drug-likeness (QED) is 0.341. The molecule has 0 aliphatic rings. The summed E-state index contributed by atoms with van der Waals surface area (Å²) in [5, 5.41) is 10.9. The van der Waals surface area contributed by atoms with Crippen molar-refractivity contribution in [2.75, 3.05) is 61.2 Å². The van der Waals surface area contributed by atoms with E-state index >= 15 is 0 Å². The van der Waals surface area contributed by atoms with Crippen LogP contribution in [-0.4, -0.2) is 81.8 Å². The summed E-state index contributed by atoms with van der Waals surface area (Å²) < 4.78 is 12.2. The molecule has 24 heavy (non-hydrogen) atoms. The lowest BCUT2D eigenvalue weighted by Crippen LogP contribution is -2.42. The highest BCUT2D eigenvalue weighted by Gasteiger charge is 2.16. The molecule has 1 heterocycles. The molecule has 0 saturated carbocycles. The molecule has 1 aromatic rings. The Morgan fingerprint density at radius 3 is 2.71 bits per heavy atom. The number of hydrogen-bond acceptors (Lipinski definition) is 5. The molecule has 0 spiro atoms. The molecule has 138 valence electrons. The van der Waals surface area contributed by atoms with Gasteiger partial charge in [0.15, 0.2) is 5.96 Å². The largest absolute Gasteiger partial charge is 0.382 e. The van der Waals surface area contributed by atoms with Gasteiger partial charge in [0.1, 0.15) is 0 Å². The average Bonchev–Trinajstić information content (AvgIpc) is 2.98. The molecule has 0 radical (unpaired) electrons. The van der Waals surface area contributed by atoms with Gasteiger partial charge in [-0.15, -0.1) is 0 Å². The number of guanidine groups is 1. The van der Waals surface area contributed by atoms with Crippen LogP contribution in [0.4, 0.5) is 0 Å². The van der Waals surface area contributed by atoms with E-state index in [-0.39, 0.29) is 6.04 Å². The third-order valence-electron chi connectivity index (χ3n) is 3.61. The predicted molar refractivity (Wildman–Crippen MR) is 96.3 cm³/mol. The van der Waals surface area contributed by atoms with Crippen LogP contribution >= 0.6 is 0 Å². The summed E-state index contributed by atoms with van der Waals surface area (Å²) in [4.78, 5) is 6.43. The second-order valence-electron chi connectivity index (χ2n) is 5.77. The minimum atomic E-state index is 0.231. The zero-order valence-corrected chi connectivity index (χ0v) is 15.6. The number of methoxy groups -OCH3 is 1. The van der Waals surface area contributed by atoms with Crippen LogP contribution in [-0.2, 0) is 16.5 Å². The Hall–Kier alpha value is -1.64. The number of likely N-dealkylation sites (N-methyl/N-ethyl adjacent to an activating group) is 1. The van der Waals surface area contributed by atoms with Crippen LogP contribution in [0.3, 0.4) is 0 Å². The molecule has 0 fully saturated rings. The molecule has 2 N–H and O–H groups in total. The zero-order chi connectivity index (χ0) is 17.8. The van der Waals surface area contributed by atoms with E-state index < -0.39 is 0 Å². The summed E-state index contributed by atoms with van der Waals surface area (Å²) in [5.74, 6) is 0.794. The topological polar surface area (TPSA) is 75.9 Å². The van der Waals surface area contributed by atoms with Crippen molar-refractivity contribution in [3.63, 3.8) is 0 Å². The van der Waals surface area contributed by atoms with Crippen molar-refractivity contribution in [2.45, 2.75) is 12.5 Å². The maximum atomic E-state index is 5.44. The van der Waals surface area contributed by atoms with Crippen LogP contribution in [0.2, 0.25) is 0 Å². The number of nitrogens with zero attached hydrogens (tertiary/aromatic N) is 4. The number of aryl methyl sites for hydroxylation is 1. The summed E-state index contributed by atoms with van der Waals surface area (Å²) in [6, 6.07) is 0.231. The van der Waals surface area contributed by atoms with Gasteiger partial charge in [-0.2, -0.15) is 5.10 Å². The number of hydrogen-bond donors (Lipinski definition) is 2. The number of rotatable bonds is 11. The highest BCUT2D eigenvalue weighted by atomic mass is 16.5. The molecule has 1 unspecified atom stereocenters. The minimum absolute atomic E-state index is 0.231. The third kappa shape index (κ3) is 7.76. The fourth-order valence-corrected chi connectivity index (χ4v) is 2.25. The Kier molecular flexibility index (Phi) is 10.1. The van der Waals surface area contributed by atoms with E-state index in [0.717, 1.165) is 25.5 Å². The first-order valence-corrected chi connectivity index (χ1v) is 8.24. The Bertz CT molecular complexity index is 475. The van der Waals surface area contributed by atoms with Crippen molar-refractivity contribution in [3.05, 3.63) is 18.0 Å². The van der Waals surface area contributed by atoms with Crippen molar-refractivity contribution in [1.29, 1.82) is 0 Å². The van der Waals surface area contributed by atoms with Gasteiger partial charge >= 0.3 is 0 Å². The molecular weight excluding hydrogens is 308 g/mol. The van der Waals surface area contributed by atoms with Crippen LogP contribution in [0.5, 0.6) is 0 Å². The summed E-state index contributed by atoms with van der Waals surface area (Å²) in [7, 11) is 9.50. The molecule has 0 aliphatic carbocycles. The maximum absolute atomic E-state index is 5.44. The van der Waals surface area contributed by atoms with E-state index in [1.165, 1.54) is 5.56 Å². The van der Waals surface area contributed by atoms with E-state index in [0.29, 0.717) is 19.8 Å². The molecule has 0 saturated heterocycles. The maximum Gasteiger partial charge on any atom is 0.191 e. The minimum Gasteiger partial charge on any atom is -0.382 e. The average molecular weight is 340 g/mol. The van der Waals surface area contributed by atoms with Crippen molar-refractivity contribution in [2.24, 2.45) is 12.0 Å². The molecule has 0 aromatic carbocycles. The van der Waals surface area contributed by atoms with Crippen LogP contribution in [0.1, 0.15) is 18.0 Å². The number of ether oxygens (including phenoxy) is 2. The van der Waals surface area contributed by atoms with Gasteiger partial charge in [-0.3, -0.25) is 9.67 Å². The normalized spacial score (nSPS) is 13.3. The molecule has 1 atom stereocenters. The fraction of sp³-hybridized carbons (Fsp3) is 0.750. The monoisotopic (exact) mass is 340 g/mol. The van der Waals surface area contributed by atoms with Crippen LogP contribution in [0.25, 0.3) is 0 Å². The Morgan fingerprint density at radius 2 is 2.12 bits per heavy atom. The fourth-order valence-electron chi connectivity index (χ4n) is 2.25. The van der Waals surface area contributed by atoms with E-state index in [1.54, 1.807) is 14.2 Å². The standard InChI is InChI=1S/C16H32N6O2/c1-17-16(18-7-6-8-24-10-9-23-5)19-12-15(21(2)3)14-11-20-22(4)13-14/h11,13,15H,6-10,12H2,1-5H3,(H2,17,18,19). The van der Waals surface area contributed by atoms with Gasteiger partial charge in [0.2, 0.25) is 0 Å². The van der Waals surface area contributed by atoms with Crippen LogP contribution in [0.15, 0.2) is 17.4 Å². The molecule has 8 heteroatoms. The summed E-state index contributed by atoms with van der Waals surface area (Å²) in [6.45, 7) is 3.55. The van der Waals surface area contributed by atoms with Gasteiger partial charge in [0.05, 0.1) is 25.5 Å². The van der Waals surface area contributed by atoms with Crippen molar-refractivity contribution < 1.29 is 9.47 Å². The van der Waals surface area contributed by atoms with Gasteiger partial charge in [-0.25, -0.2) is 0 Å². The smallest absolute Gasteiger partial charge is 0.191 e. The molecule has 0 aliphatic heterocycles. The van der Waals surface area contributed by atoms with E-state index in [9.17, 15) is 0 Å². The number of aliphatic imine (C=N–C) groups is 1. The van der Waals surface area contributed by atoms with E-state index in [4.69, 9.17) is 9.47 Å². The lowest BCUT2D eigenvalue weighted by molar-refractivity contribution is 0.0698. The lowest BCUT2D eigenvalue weighted by Gasteiger charge is -2.24.